The summed E-state index contributed by atoms with van der Waals surface area (Å²) >= 11 is 0. The highest BCUT2D eigenvalue weighted by atomic mass is 32.2. The van der Waals surface area contributed by atoms with Crippen LogP contribution in [0, 0.1) is 20.8 Å². The fourth-order valence-corrected chi connectivity index (χ4v) is 4.99. The lowest BCUT2D eigenvalue weighted by atomic mass is 10.1. The van der Waals surface area contributed by atoms with E-state index in [2.05, 4.69) is 20.4 Å². The van der Waals surface area contributed by atoms with Crippen LogP contribution in [-0.2, 0) is 10.0 Å². The predicted octanol–water partition coefficient (Wildman–Crippen LogP) is 2.34. The first-order chi connectivity index (χ1) is 12.8. The van der Waals surface area contributed by atoms with Crippen LogP contribution in [-0.4, -0.2) is 55.6 Å². The second-order valence-corrected chi connectivity index (χ2v) is 8.81. The van der Waals surface area contributed by atoms with Crippen LogP contribution in [0.3, 0.4) is 0 Å². The fraction of sp³-hybridized carbons (Fsp3) is 0.474. The van der Waals surface area contributed by atoms with Crippen LogP contribution in [0.2, 0.25) is 0 Å². The average molecular weight is 390 g/mol. The number of nitrogens with zero attached hydrogens (tertiary/aromatic N) is 4. The Bertz CT molecular complexity index is 904. The molecule has 0 atom stereocenters. The second-order valence-electron chi connectivity index (χ2n) is 6.90. The molecule has 0 aliphatic carbocycles. The summed E-state index contributed by atoms with van der Waals surface area (Å²) in [7, 11) is -3.49. The molecule has 27 heavy (non-hydrogen) atoms. The molecule has 1 aliphatic rings. The first-order valence-corrected chi connectivity index (χ1v) is 10.7. The molecule has 1 saturated heterocycles. The minimum absolute atomic E-state index is 0.411. The van der Waals surface area contributed by atoms with E-state index in [9.17, 15) is 8.42 Å². The third-order valence-electron chi connectivity index (χ3n) is 4.98. The summed E-state index contributed by atoms with van der Waals surface area (Å²) in [5.74, 6) is 1.52. The number of benzene rings is 1. The Morgan fingerprint density at radius 3 is 2.22 bits per heavy atom. The number of aryl methyl sites for hydroxylation is 3. The highest BCUT2D eigenvalue weighted by molar-refractivity contribution is 7.89. The lowest BCUT2D eigenvalue weighted by Gasteiger charge is -2.34. The highest BCUT2D eigenvalue weighted by Gasteiger charge is 2.30. The van der Waals surface area contributed by atoms with Gasteiger partial charge in [0.05, 0.1) is 4.90 Å². The van der Waals surface area contributed by atoms with Gasteiger partial charge >= 0.3 is 0 Å². The molecule has 0 radical (unpaired) electrons. The van der Waals surface area contributed by atoms with Crippen molar-refractivity contribution in [3.63, 3.8) is 0 Å². The van der Waals surface area contributed by atoms with Gasteiger partial charge in [-0.05, 0) is 62.6 Å². The van der Waals surface area contributed by atoms with Crippen LogP contribution in [0.4, 0.5) is 11.6 Å². The molecule has 3 rings (SSSR count). The number of sulfonamides is 1. The average Bonchev–Trinajstić information content (AvgIpc) is 2.65. The Morgan fingerprint density at radius 1 is 0.963 bits per heavy atom. The lowest BCUT2D eigenvalue weighted by Crippen LogP contribution is -2.49. The molecule has 2 heterocycles. The number of rotatable bonds is 5. The summed E-state index contributed by atoms with van der Waals surface area (Å²) in [5.41, 5.74) is 2.90. The van der Waals surface area contributed by atoms with Crippen molar-refractivity contribution < 1.29 is 8.42 Å². The maximum Gasteiger partial charge on any atom is 0.243 e. The second kappa shape index (κ2) is 7.82. The zero-order valence-corrected chi connectivity index (χ0v) is 17.2. The van der Waals surface area contributed by atoms with Gasteiger partial charge in [0.15, 0.2) is 5.82 Å². The molecule has 8 heteroatoms. The van der Waals surface area contributed by atoms with E-state index in [0.29, 0.717) is 31.1 Å². The van der Waals surface area contributed by atoms with Gasteiger partial charge in [-0.1, -0.05) is 6.07 Å². The molecule has 1 aromatic carbocycles. The van der Waals surface area contributed by atoms with Gasteiger partial charge in [-0.3, -0.25) is 0 Å². The van der Waals surface area contributed by atoms with E-state index in [1.165, 1.54) is 0 Å². The number of piperazine rings is 1. The first-order valence-electron chi connectivity index (χ1n) is 9.23. The molecule has 7 nitrogen and oxygen atoms in total. The van der Waals surface area contributed by atoms with Crippen LogP contribution in [0.25, 0.3) is 0 Å². The molecule has 0 amide bonds. The third kappa shape index (κ3) is 4.06. The number of nitrogens with one attached hydrogen (secondary N) is 1. The molecule has 0 spiro atoms. The van der Waals surface area contributed by atoms with Gasteiger partial charge in [0.25, 0.3) is 0 Å². The standard InChI is InChI=1S/C19H27N5O2S/c1-5-20-18-6-7-19(22-21-18)23-8-10-24(11-9-23)27(25,26)17-13-15(3)14(2)12-16(17)4/h6-7,12-13H,5,8-11H2,1-4H3,(H,20,21). The van der Waals surface area contributed by atoms with Gasteiger partial charge in [-0.25, -0.2) is 8.42 Å². The molecular formula is C19H27N5O2S. The molecule has 0 unspecified atom stereocenters. The molecule has 0 saturated carbocycles. The van der Waals surface area contributed by atoms with E-state index >= 15 is 0 Å². The summed E-state index contributed by atoms with van der Waals surface area (Å²) < 4.78 is 27.8. The van der Waals surface area contributed by atoms with E-state index in [0.717, 1.165) is 34.9 Å². The number of hydrogen-bond donors (Lipinski definition) is 1. The van der Waals surface area contributed by atoms with E-state index in [1.54, 1.807) is 10.4 Å². The van der Waals surface area contributed by atoms with Crippen LogP contribution in [0.5, 0.6) is 0 Å². The Morgan fingerprint density at radius 2 is 1.63 bits per heavy atom. The van der Waals surface area contributed by atoms with Crippen LogP contribution < -0.4 is 10.2 Å². The molecule has 1 fully saturated rings. The summed E-state index contributed by atoms with van der Waals surface area (Å²) in [6.45, 7) is 10.7. The topological polar surface area (TPSA) is 78.4 Å². The molecule has 1 N–H and O–H groups in total. The van der Waals surface area contributed by atoms with Gasteiger partial charge < -0.3 is 10.2 Å². The van der Waals surface area contributed by atoms with Crippen molar-refractivity contribution in [1.82, 2.24) is 14.5 Å². The first kappa shape index (κ1) is 19.6. The number of aromatic nitrogens is 2. The molecule has 1 aromatic heterocycles. The van der Waals surface area contributed by atoms with Gasteiger partial charge in [0.2, 0.25) is 10.0 Å². The van der Waals surface area contributed by atoms with Crippen LogP contribution >= 0.6 is 0 Å². The van der Waals surface area contributed by atoms with Crippen LogP contribution in [0.1, 0.15) is 23.6 Å². The Labute approximate surface area is 161 Å². The largest absolute Gasteiger partial charge is 0.369 e. The fourth-order valence-electron chi connectivity index (χ4n) is 3.28. The van der Waals surface area contributed by atoms with Crippen molar-refractivity contribution in [3.8, 4) is 0 Å². The van der Waals surface area contributed by atoms with Gasteiger partial charge in [-0.15, -0.1) is 10.2 Å². The molecular weight excluding hydrogens is 362 g/mol. The van der Waals surface area contributed by atoms with E-state index in [1.807, 2.05) is 45.9 Å². The molecule has 0 bridgehead atoms. The third-order valence-corrected chi connectivity index (χ3v) is 7.02. The lowest BCUT2D eigenvalue weighted by molar-refractivity contribution is 0.383. The molecule has 2 aromatic rings. The van der Waals surface area contributed by atoms with Gasteiger partial charge in [-0.2, -0.15) is 4.31 Å². The van der Waals surface area contributed by atoms with Crippen molar-refractivity contribution in [3.05, 3.63) is 41.0 Å². The highest BCUT2D eigenvalue weighted by Crippen LogP contribution is 2.25. The summed E-state index contributed by atoms with van der Waals surface area (Å²) in [6.07, 6.45) is 0. The Balaban J connectivity index is 1.72. The number of anilines is 2. The summed E-state index contributed by atoms with van der Waals surface area (Å²) in [4.78, 5) is 2.48. The maximum absolute atomic E-state index is 13.1. The smallest absolute Gasteiger partial charge is 0.243 e. The van der Waals surface area contributed by atoms with Crippen molar-refractivity contribution in [2.45, 2.75) is 32.6 Å². The minimum atomic E-state index is -3.49. The van der Waals surface area contributed by atoms with Crippen LogP contribution in [0.15, 0.2) is 29.2 Å². The van der Waals surface area contributed by atoms with E-state index in [-0.39, 0.29) is 0 Å². The van der Waals surface area contributed by atoms with Crippen molar-refractivity contribution in [2.75, 3.05) is 42.9 Å². The number of hydrogen-bond acceptors (Lipinski definition) is 6. The summed E-state index contributed by atoms with van der Waals surface area (Å²) in [6, 6.07) is 7.55. The quantitative estimate of drug-likeness (QED) is 0.846. The zero-order chi connectivity index (χ0) is 19.6. The summed E-state index contributed by atoms with van der Waals surface area (Å²) in [5, 5.41) is 11.5. The van der Waals surface area contributed by atoms with E-state index < -0.39 is 10.0 Å². The molecule has 1 aliphatic heterocycles. The Hall–Kier alpha value is -2.19. The SMILES string of the molecule is CCNc1ccc(N2CCN(S(=O)(=O)c3cc(C)c(C)cc3C)CC2)nn1. The van der Waals surface area contributed by atoms with Gasteiger partial charge in [0.1, 0.15) is 5.82 Å². The maximum atomic E-state index is 13.1. The normalized spacial score (nSPS) is 15.8. The van der Waals surface area contributed by atoms with Crippen molar-refractivity contribution in [1.29, 1.82) is 0 Å². The monoisotopic (exact) mass is 389 g/mol. The van der Waals surface area contributed by atoms with E-state index in [4.69, 9.17) is 0 Å². The van der Waals surface area contributed by atoms with Crippen molar-refractivity contribution >= 4 is 21.7 Å². The minimum Gasteiger partial charge on any atom is -0.369 e. The Kier molecular flexibility index (Phi) is 5.67. The molecule has 146 valence electrons. The van der Waals surface area contributed by atoms with Crippen molar-refractivity contribution in [2.24, 2.45) is 0 Å². The zero-order valence-electron chi connectivity index (χ0n) is 16.4. The predicted molar refractivity (Wildman–Crippen MR) is 108 cm³/mol. The van der Waals surface area contributed by atoms with Gasteiger partial charge in [0, 0.05) is 32.7 Å².